The van der Waals surface area contributed by atoms with E-state index in [9.17, 15) is 4.79 Å². The van der Waals surface area contributed by atoms with Gasteiger partial charge in [-0.25, -0.2) is 0 Å². The van der Waals surface area contributed by atoms with Gasteiger partial charge in [0, 0.05) is 24.0 Å². The Balaban J connectivity index is 1.93. The molecule has 0 radical (unpaired) electrons. The van der Waals surface area contributed by atoms with E-state index in [1.54, 1.807) is 12.3 Å². The van der Waals surface area contributed by atoms with Gasteiger partial charge in [-0.3, -0.25) is 9.78 Å². The third-order valence-corrected chi connectivity index (χ3v) is 4.43. The standard InChI is InChI=1S/C16H14Cl2N2O/c17-13-5-2-1-4-11(13)15-6-3-9-20(15)16(21)12-7-8-19-10-14(12)18/h1-2,4-5,7-8,10,15H,3,6,9H2. The maximum atomic E-state index is 12.7. The summed E-state index contributed by atoms with van der Waals surface area (Å²) in [5.74, 6) is -0.0650. The number of amides is 1. The predicted molar refractivity (Wildman–Crippen MR) is 83.7 cm³/mol. The highest BCUT2D eigenvalue weighted by Gasteiger charge is 2.32. The minimum absolute atomic E-state index is 0.00966. The summed E-state index contributed by atoms with van der Waals surface area (Å²) in [5, 5.41) is 1.08. The minimum atomic E-state index is -0.0650. The van der Waals surface area contributed by atoms with Gasteiger partial charge in [-0.1, -0.05) is 41.4 Å². The topological polar surface area (TPSA) is 33.2 Å². The lowest BCUT2D eigenvalue weighted by atomic mass is 10.0. The third kappa shape index (κ3) is 2.76. The molecule has 0 N–H and O–H groups in total. The van der Waals surface area contributed by atoms with Gasteiger partial charge in [-0.05, 0) is 30.5 Å². The Morgan fingerprint density at radius 1 is 1.19 bits per heavy atom. The number of rotatable bonds is 2. The SMILES string of the molecule is O=C(c1ccncc1Cl)N1CCCC1c1ccccc1Cl. The molecule has 1 aliphatic heterocycles. The second-order valence-electron chi connectivity index (χ2n) is 5.03. The van der Waals surface area contributed by atoms with E-state index < -0.39 is 0 Å². The molecule has 0 bridgehead atoms. The maximum Gasteiger partial charge on any atom is 0.255 e. The van der Waals surface area contributed by atoms with Crippen LogP contribution in [-0.4, -0.2) is 22.3 Å². The lowest BCUT2D eigenvalue weighted by molar-refractivity contribution is 0.0736. The fourth-order valence-electron chi connectivity index (χ4n) is 2.78. The second-order valence-corrected chi connectivity index (χ2v) is 5.85. The normalized spacial score (nSPS) is 18.0. The van der Waals surface area contributed by atoms with Gasteiger partial charge in [0.1, 0.15) is 0 Å². The van der Waals surface area contributed by atoms with Crippen molar-refractivity contribution in [2.75, 3.05) is 6.54 Å². The highest BCUT2D eigenvalue weighted by Crippen LogP contribution is 2.37. The van der Waals surface area contributed by atoms with Crippen LogP contribution in [0.5, 0.6) is 0 Å². The van der Waals surface area contributed by atoms with E-state index in [1.165, 1.54) is 6.20 Å². The highest BCUT2D eigenvalue weighted by atomic mass is 35.5. The summed E-state index contributed by atoms with van der Waals surface area (Å²) in [7, 11) is 0. The summed E-state index contributed by atoms with van der Waals surface area (Å²) in [6.07, 6.45) is 4.96. The largest absolute Gasteiger partial charge is 0.332 e. The van der Waals surface area contributed by atoms with Crippen LogP contribution in [0.15, 0.2) is 42.7 Å². The molecular weight excluding hydrogens is 307 g/mol. The first-order valence-electron chi connectivity index (χ1n) is 6.83. The van der Waals surface area contributed by atoms with Gasteiger partial charge in [-0.15, -0.1) is 0 Å². The van der Waals surface area contributed by atoms with Crippen molar-refractivity contribution in [3.63, 3.8) is 0 Å². The zero-order valence-corrected chi connectivity index (χ0v) is 12.8. The molecule has 1 aromatic carbocycles. The van der Waals surface area contributed by atoms with Crippen molar-refractivity contribution >= 4 is 29.1 Å². The number of halogens is 2. The van der Waals surface area contributed by atoms with Crippen LogP contribution >= 0.6 is 23.2 Å². The van der Waals surface area contributed by atoms with E-state index in [1.807, 2.05) is 29.2 Å². The smallest absolute Gasteiger partial charge is 0.255 e. The summed E-state index contributed by atoms with van der Waals surface area (Å²) >= 11 is 12.4. The summed E-state index contributed by atoms with van der Waals surface area (Å²) in [6, 6.07) is 9.35. The number of pyridine rings is 1. The van der Waals surface area contributed by atoms with Crippen molar-refractivity contribution in [1.29, 1.82) is 0 Å². The molecule has 3 rings (SSSR count). The summed E-state index contributed by atoms with van der Waals surface area (Å²) in [4.78, 5) is 18.5. The number of benzene rings is 1. The molecular formula is C16H14Cl2N2O. The van der Waals surface area contributed by atoms with Crippen LogP contribution in [0.4, 0.5) is 0 Å². The molecule has 0 spiro atoms. The van der Waals surface area contributed by atoms with E-state index in [0.29, 0.717) is 22.2 Å². The number of carbonyl (C=O) groups excluding carboxylic acids is 1. The van der Waals surface area contributed by atoms with E-state index in [4.69, 9.17) is 23.2 Å². The Morgan fingerprint density at radius 2 is 2.00 bits per heavy atom. The Bertz CT molecular complexity index is 675. The summed E-state index contributed by atoms with van der Waals surface area (Å²) < 4.78 is 0. The molecule has 108 valence electrons. The molecule has 1 aliphatic rings. The molecule has 1 atom stereocenters. The summed E-state index contributed by atoms with van der Waals surface area (Å²) in [5.41, 5.74) is 1.49. The van der Waals surface area contributed by atoms with E-state index in [2.05, 4.69) is 4.98 Å². The van der Waals surface area contributed by atoms with Crippen LogP contribution in [0.1, 0.15) is 34.8 Å². The van der Waals surface area contributed by atoms with Gasteiger partial charge in [0.05, 0.1) is 16.6 Å². The van der Waals surface area contributed by atoms with Gasteiger partial charge in [0.2, 0.25) is 0 Å². The van der Waals surface area contributed by atoms with Gasteiger partial charge in [0.15, 0.2) is 0 Å². The molecule has 1 unspecified atom stereocenters. The predicted octanol–water partition coefficient (Wildman–Crippen LogP) is 4.37. The lowest BCUT2D eigenvalue weighted by Crippen LogP contribution is -2.30. The molecule has 3 nitrogen and oxygen atoms in total. The van der Waals surface area contributed by atoms with Crippen LogP contribution in [0, 0.1) is 0 Å². The van der Waals surface area contributed by atoms with E-state index in [-0.39, 0.29) is 11.9 Å². The monoisotopic (exact) mass is 320 g/mol. The fourth-order valence-corrected chi connectivity index (χ4v) is 3.24. The number of aromatic nitrogens is 1. The number of nitrogens with zero attached hydrogens (tertiary/aromatic N) is 2. The molecule has 1 saturated heterocycles. The van der Waals surface area contributed by atoms with Gasteiger partial charge >= 0.3 is 0 Å². The second kappa shape index (κ2) is 6.04. The molecule has 0 aliphatic carbocycles. The fraction of sp³-hybridized carbons (Fsp3) is 0.250. The molecule has 21 heavy (non-hydrogen) atoms. The van der Waals surface area contributed by atoms with Gasteiger partial charge < -0.3 is 4.90 Å². The molecule has 1 aromatic heterocycles. The van der Waals surface area contributed by atoms with Crippen molar-refractivity contribution in [1.82, 2.24) is 9.88 Å². The van der Waals surface area contributed by atoms with Crippen LogP contribution in [0.25, 0.3) is 0 Å². The van der Waals surface area contributed by atoms with Crippen molar-refractivity contribution in [2.24, 2.45) is 0 Å². The van der Waals surface area contributed by atoms with Crippen molar-refractivity contribution in [3.05, 3.63) is 63.9 Å². The van der Waals surface area contributed by atoms with Crippen molar-refractivity contribution in [3.8, 4) is 0 Å². The summed E-state index contributed by atoms with van der Waals surface area (Å²) in [6.45, 7) is 0.716. The Kier molecular flexibility index (Phi) is 4.13. The van der Waals surface area contributed by atoms with Crippen LogP contribution < -0.4 is 0 Å². The van der Waals surface area contributed by atoms with E-state index >= 15 is 0 Å². The Labute approximate surface area is 133 Å². The molecule has 2 aromatic rings. The first-order valence-corrected chi connectivity index (χ1v) is 7.59. The van der Waals surface area contributed by atoms with Gasteiger partial charge in [0.25, 0.3) is 5.91 Å². The molecule has 5 heteroatoms. The number of likely N-dealkylation sites (tertiary alicyclic amines) is 1. The minimum Gasteiger partial charge on any atom is -0.332 e. The molecule has 2 heterocycles. The molecule has 1 amide bonds. The van der Waals surface area contributed by atoms with Crippen molar-refractivity contribution < 1.29 is 4.79 Å². The maximum absolute atomic E-state index is 12.7. The Hall–Kier alpha value is -1.58. The number of hydrogen-bond acceptors (Lipinski definition) is 2. The van der Waals surface area contributed by atoms with Crippen LogP contribution in [-0.2, 0) is 0 Å². The van der Waals surface area contributed by atoms with Crippen LogP contribution in [0.2, 0.25) is 10.0 Å². The van der Waals surface area contributed by atoms with Crippen molar-refractivity contribution in [2.45, 2.75) is 18.9 Å². The molecule has 0 saturated carbocycles. The molecule has 1 fully saturated rings. The first kappa shape index (κ1) is 14.4. The van der Waals surface area contributed by atoms with E-state index in [0.717, 1.165) is 18.4 Å². The zero-order chi connectivity index (χ0) is 14.8. The number of hydrogen-bond donors (Lipinski definition) is 0. The first-order chi connectivity index (χ1) is 10.2. The average molecular weight is 321 g/mol. The Morgan fingerprint density at radius 3 is 2.76 bits per heavy atom. The zero-order valence-electron chi connectivity index (χ0n) is 11.3. The lowest BCUT2D eigenvalue weighted by Gasteiger charge is -2.26. The van der Waals surface area contributed by atoms with Crippen LogP contribution in [0.3, 0.4) is 0 Å². The quantitative estimate of drug-likeness (QED) is 0.823. The third-order valence-electron chi connectivity index (χ3n) is 3.78. The number of carbonyl (C=O) groups is 1. The average Bonchev–Trinajstić information content (AvgIpc) is 2.97. The van der Waals surface area contributed by atoms with Gasteiger partial charge in [-0.2, -0.15) is 0 Å². The highest BCUT2D eigenvalue weighted by molar-refractivity contribution is 6.33.